The van der Waals surface area contributed by atoms with Crippen LogP contribution in [0.5, 0.6) is 0 Å². The molecule has 0 aliphatic heterocycles. The van der Waals surface area contributed by atoms with Crippen LogP contribution in [0.15, 0.2) is 203 Å². The van der Waals surface area contributed by atoms with Gasteiger partial charge >= 0.3 is 0 Å². The molecular weight excluding hydrogens is 685 g/mol. The first kappa shape index (κ1) is 31.9. The first-order chi connectivity index (χ1) is 27.7. The first-order valence-electron chi connectivity index (χ1n) is 18.8. The predicted molar refractivity (Wildman–Crippen MR) is 229 cm³/mol. The molecule has 0 N–H and O–H groups in total. The summed E-state index contributed by atoms with van der Waals surface area (Å²) in [5, 5.41) is 4.39. The molecule has 11 rings (SSSR count). The largest absolute Gasteiger partial charge is 0.456 e. The highest BCUT2D eigenvalue weighted by molar-refractivity contribution is 6.10. The van der Waals surface area contributed by atoms with E-state index in [9.17, 15) is 0 Å². The van der Waals surface area contributed by atoms with E-state index in [-0.39, 0.29) is 0 Å². The van der Waals surface area contributed by atoms with E-state index < -0.39 is 0 Å². The third kappa shape index (κ3) is 5.47. The molecule has 11 aromatic rings. The van der Waals surface area contributed by atoms with E-state index in [4.69, 9.17) is 18.8 Å². The molecule has 0 atom stereocenters. The second kappa shape index (κ2) is 13.1. The fraction of sp³-hybridized carbons (Fsp3) is 0. The van der Waals surface area contributed by atoms with Crippen molar-refractivity contribution in [2.45, 2.75) is 0 Å². The summed E-state index contributed by atoms with van der Waals surface area (Å²) in [6, 6.07) is 67.4. The molecule has 0 aliphatic rings. The Labute approximate surface area is 323 Å². The van der Waals surface area contributed by atoms with Crippen molar-refractivity contribution in [2.75, 3.05) is 0 Å². The van der Waals surface area contributed by atoms with Gasteiger partial charge in [0.15, 0.2) is 5.82 Å². The van der Waals surface area contributed by atoms with Gasteiger partial charge in [0.2, 0.25) is 0 Å². The highest BCUT2D eigenvalue weighted by Crippen LogP contribution is 2.41. The number of para-hydroxylation sites is 3. The second-order valence-electron chi connectivity index (χ2n) is 14.1. The van der Waals surface area contributed by atoms with E-state index in [0.717, 1.165) is 105 Å². The van der Waals surface area contributed by atoms with Crippen LogP contribution in [0.25, 0.3) is 111 Å². The van der Waals surface area contributed by atoms with E-state index in [1.54, 1.807) is 0 Å². The van der Waals surface area contributed by atoms with Gasteiger partial charge in [-0.2, -0.15) is 0 Å². The predicted octanol–water partition coefficient (Wildman–Crippen LogP) is 14.3. The molecule has 3 heterocycles. The van der Waals surface area contributed by atoms with Crippen LogP contribution >= 0.6 is 0 Å². The average Bonchev–Trinajstić information content (AvgIpc) is 3.85. The van der Waals surface area contributed by atoms with Gasteiger partial charge in [0.05, 0.1) is 11.4 Å². The number of benzene rings is 8. The van der Waals surface area contributed by atoms with Crippen molar-refractivity contribution in [1.82, 2.24) is 9.97 Å². The van der Waals surface area contributed by atoms with Crippen LogP contribution in [0.3, 0.4) is 0 Å². The van der Waals surface area contributed by atoms with Crippen LogP contribution < -0.4 is 0 Å². The molecule has 3 aromatic heterocycles. The highest BCUT2D eigenvalue weighted by atomic mass is 16.3. The van der Waals surface area contributed by atoms with Gasteiger partial charge in [0.1, 0.15) is 22.3 Å². The molecule has 0 unspecified atom stereocenters. The molecule has 0 spiro atoms. The van der Waals surface area contributed by atoms with Crippen molar-refractivity contribution in [1.29, 1.82) is 0 Å². The molecule has 0 amide bonds. The summed E-state index contributed by atoms with van der Waals surface area (Å²) in [5.74, 6) is 0.660. The third-order valence-electron chi connectivity index (χ3n) is 10.7. The summed E-state index contributed by atoms with van der Waals surface area (Å²) in [6.07, 6.45) is 0. The number of hydrogen-bond acceptors (Lipinski definition) is 4. The molecule has 262 valence electrons. The number of fused-ring (bicyclic) bond motifs is 6. The Morgan fingerprint density at radius 3 is 1.62 bits per heavy atom. The third-order valence-corrected chi connectivity index (χ3v) is 10.7. The quantitative estimate of drug-likeness (QED) is 0.172. The summed E-state index contributed by atoms with van der Waals surface area (Å²) in [4.78, 5) is 10.6. The van der Waals surface area contributed by atoms with E-state index in [0.29, 0.717) is 5.82 Å². The molecule has 0 saturated carbocycles. The topological polar surface area (TPSA) is 52.1 Å². The van der Waals surface area contributed by atoms with Gasteiger partial charge in [-0.15, -0.1) is 0 Å². The Bertz CT molecular complexity index is 3250. The van der Waals surface area contributed by atoms with E-state index in [1.807, 2.05) is 42.5 Å². The first-order valence-corrected chi connectivity index (χ1v) is 18.8. The van der Waals surface area contributed by atoms with Crippen molar-refractivity contribution in [2.24, 2.45) is 0 Å². The lowest BCUT2D eigenvalue weighted by Crippen LogP contribution is -1.97. The van der Waals surface area contributed by atoms with Gasteiger partial charge in [-0.25, -0.2) is 9.97 Å². The van der Waals surface area contributed by atoms with Crippen LogP contribution in [-0.4, -0.2) is 9.97 Å². The Kier molecular flexibility index (Phi) is 7.46. The zero-order valence-electron chi connectivity index (χ0n) is 30.2. The SMILES string of the molecule is c1ccc(-c2cc(-c3ccc4oc5ccccc5c4c3)cc(-c3cc(-c4ccccc4-c4cccc5c4oc4ccccc45)nc(-c4ccccc4)n3)c2)cc1. The standard InChI is InChI=1S/C52H32N2O2/c1-3-14-33(15-4-1)36-28-37(35-26-27-50-45(31-35)42-21-10-11-24-48(42)55-50)30-38(29-36)46-32-47(54-52(53-46)34-16-5-2-6-17-34)40-19-8-7-18-39(40)43-22-13-23-44-41-20-9-12-25-49(41)56-51(43)44/h1-32H. The van der Waals surface area contributed by atoms with E-state index in [1.165, 1.54) is 0 Å². The maximum absolute atomic E-state index is 6.53. The number of nitrogens with zero attached hydrogens (tertiary/aromatic N) is 2. The van der Waals surface area contributed by atoms with Crippen LogP contribution in [0, 0.1) is 0 Å². The van der Waals surface area contributed by atoms with Crippen molar-refractivity contribution >= 4 is 43.9 Å². The number of furan rings is 2. The number of aromatic nitrogens is 2. The van der Waals surface area contributed by atoms with Crippen molar-refractivity contribution in [3.05, 3.63) is 194 Å². The average molecular weight is 717 g/mol. The van der Waals surface area contributed by atoms with Crippen molar-refractivity contribution < 1.29 is 8.83 Å². The molecule has 0 aliphatic carbocycles. The van der Waals surface area contributed by atoms with Crippen LogP contribution in [0.2, 0.25) is 0 Å². The summed E-state index contributed by atoms with van der Waals surface area (Å²) in [7, 11) is 0. The summed E-state index contributed by atoms with van der Waals surface area (Å²) < 4.78 is 12.7. The summed E-state index contributed by atoms with van der Waals surface area (Å²) >= 11 is 0. The number of hydrogen-bond donors (Lipinski definition) is 0. The smallest absolute Gasteiger partial charge is 0.160 e. The van der Waals surface area contributed by atoms with E-state index >= 15 is 0 Å². The summed E-state index contributed by atoms with van der Waals surface area (Å²) in [6.45, 7) is 0. The fourth-order valence-electron chi connectivity index (χ4n) is 8.00. The molecule has 0 fully saturated rings. The molecule has 4 nitrogen and oxygen atoms in total. The fourth-order valence-corrected chi connectivity index (χ4v) is 8.00. The normalized spacial score (nSPS) is 11.6. The van der Waals surface area contributed by atoms with Crippen molar-refractivity contribution in [3.8, 4) is 67.3 Å². The monoisotopic (exact) mass is 716 g/mol. The lowest BCUT2D eigenvalue weighted by molar-refractivity contribution is 0.669. The molecular formula is C52H32N2O2. The Balaban J connectivity index is 1.13. The lowest BCUT2D eigenvalue weighted by atomic mass is 9.93. The Morgan fingerprint density at radius 1 is 0.286 bits per heavy atom. The maximum atomic E-state index is 6.53. The Morgan fingerprint density at radius 2 is 0.839 bits per heavy atom. The van der Waals surface area contributed by atoms with Gasteiger partial charge in [-0.1, -0.05) is 146 Å². The second-order valence-corrected chi connectivity index (χ2v) is 14.1. The van der Waals surface area contributed by atoms with Gasteiger partial charge in [-0.3, -0.25) is 0 Å². The minimum absolute atomic E-state index is 0.660. The number of rotatable bonds is 6. The zero-order chi connectivity index (χ0) is 37.0. The molecule has 8 aromatic carbocycles. The lowest BCUT2D eigenvalue weighted by Gasteiger charge is -2.15. The van der Waals surface area contributed by atoms with Gasteiger partial charge in [-0.05, 0) is 76.3 Å². The van der Waals surface area contributed by atoms with Gasteiger partial charge in [0.25, 0.3) is 0 Å². The minimum atomic E-state index is 0.660. The molecule has 0 bridgehead atoms. The van der Waals surface area contributed by atoms with Crippen LogP contribution in [0.1, 0.15) is 0 Å². The molecule has 4 heteroatoms. The molecule has 56 heavy (non-hydrogen) atoms. The van der Waals surface area contributed by atoms with Crippen LogP contribution in [0.4, 0.5) is 0 Å². The van der Waals surface area contributed by atoms with Gasteiger partial charge < -0.3 is 8.83 Å². The van der Waals surface area contributed by atoms with Gasteiger partial charge in [0, 0.05) is 43.8 Å². The van der Waals surface area contributed by atoms with Crippen LogP contribution in [-0.2, 0) is 0 Å². The highest BCUT2D eigenvalue weighted by Gasteiger charge is 2.19. The molecule has 0 saturated heterocycles. The Hall–Kier alpha value is -7.56. The maximum Gasteiger partial charge on any atom is 0.160 e. The summed E-state index contributed by atoms with van der Waals surface area (Å²) in [5.41, 5.74) is 14.6. The van der Waals surface area contributed by atoms with Crippen molar-refractivity contribution in [3.63, 3.8) is 0 Å². The zero-order valence-corrected chi connectivity index (χ0v) is 30.2. The molecule has 0 radical (unpaired) electrons. The minimum Gasteiger partial charge on any atom is -0.456 e. The van der Waals surface area contributed by atoms with E-state index in [2.05, 4.69) is 152 Å².